The van der Waals surface area contributed by atoms with Crippen LogP contribution in [0.5, 0.6) is 0 Å². The Balaban J connectivity index is 1.85. The Kier molecular flexibility index (Phi) is 6.61. The third-order valence-electron chi connectivity index (χ3n) is 4.40. The van der Waals surface area contributed by atoms with Crippen molar-refractivity contribution in [2.45, 2.75) is 59.0 Å². The lowest BCUT2D eigenvalue weighted by Gasteiger charge is -2.20. The molecule has 0 aromatic carbocycles. The Morgan fingerprint density at radius 3 is 3.00 bits per heavy atom. The van der Waals surface area contributed by atoms with E-state index in [2.05, 4.69) is 30.1 Å². The number of nitrogens with zero attached hydrogens (tertiary/aromatic N) is 1. The highest BCUT2D eigenvalue weighted by Gasteiger charge is 2.18. The van der Waals surface area contributed by atoms with Gasteiger partial charge in [0.2, 0.25) is 0 Å². The molecule has 1 N–H and O–H groups in total. The van der Waals surface area contributed by atoms with Gasteiger partial charge < -0.3 is 9.73 Å². The zero-order chi connectivity index (χ0) is 14.2. The molecule has 1 atom stereocenters. The Morgan fingerprint density at radius 1 is 1.30 bits per heavy atom. The van der Waals surface area contributed by atoms with Gasteiger partial charge in [-0.05, 0) is 50.9 Å². The summed E-state index contributed by atoms with van der Waals surface area (Å²) in [6.07, 6.45) is 8.71. The molecule has 1 aromatic heterocycles. The van der Waals surface area contributed by atoms with Crippen LogP contribution in [0.15, 0.2) is 16.7 Å². The Labute approximate surface area is 123 Å². The summed E-state index contributed by atoms with van der Waals surface area (Å²) in [4.78, 5) is 2.61. The predicted octanol–water partition coefficient (Wildman–Crippen LogP) is 3.79. The fourth-order valence-electron chi connectivity index (χ4n) is 3.22. The van der Waals surface area contributed by atoms with Crippen molar-refractivity contribution in [1.82, 2.24) is 10.2 Å². The maximum Gasteiger partial charge on any atom is 0.122 e. The number of hydrogen-bond acceptors (Lipinski definition) is 3. The first-order valence-electron chi connectivity index (χ1n) is 8.31. The summed E-state index contributed by atoms with van der Waals surface area (Å²) >= 11 is 0. The molecule has 1 aliphatic heterocycles. The van der Waals surface area contributed by atoms with Crippen molar-refractivity contribution >= 4 is 0 Å². The standard InChI is InChI=1S/C17H30N2O/c1-3-6-15-7-5-10-19(11-8-15)14-16-9-12-20-17(16)13-18-4-2/h9,12,15,18H,3-8,10-11,13-14H2,1-2H3. The molecule has 0 saturated carbocycles. The minimum atomic E-state index is 0.852. The fourth-order valence-corrected chi connectivity index (χ4v) is 3.22. The summed E-state index contributed by atoms with van der Waals surface area (Å²) in [6.45, 7) is 9.82. The normalized spacial score (nSPS) is 21.0. The van der Waals surface area contributed by atoms with E-state index < -0.39 is 0 Å². The third kappa shape index (κ3) is 4.64. The van der Waals surface area contributed by atoms with Gasteiger partial charge in [0, 0.05) is 12.1 Å². The smallest absolute Gasteiger partial charge is 0.122 e. The van der Waals surface area contributed by atoms with Crippen LogP contribution < -0.4 is 5.32 Å². The van der Waals surface area contributed by atoms with Gasteiger partial charge in [-0.3, -0.25) is 4.90 Å². The summed E-state index contributed by atoms with van der Waals surface area (Å²) < 4.78 is 5.61. The predicted molar refractivity (Wildman–Crippen MR) is 83.6 cm³/mol. The SMILES string of the molecule is CCCC1CCCN(Cc2ccoc2CNCC)CC1. The van der Waals surface area contributed by atoms with Crippen molar-refractivity contribution < 1.29 is 4.42 Å². The van der Waals surface area contributed by atoms with Gasteiger partial charge in [0.25, 0.3) is 0 Å². The van der Waals surface area contributed by atoms with Crippen LogP contribution in [0.4, 0.5) is 0 Å². The van der Waals surface area contributed by atoms with Crippen molar-refractivity contribution in [3.05, 3.63) is 23.7 Å². The quantitative estimate of drug-likeness (QED) is 0.822. The molecule has 1 aromatic rings. The molecule has 1 unspecified atom stereocenters. The second-order valence-electron chi connectivity index (χ2n) is 6.01. The lowest BCUT2D eigenvalue weighted by molar-refractivity contribution is 0.268. The topological polar surface area (TPSA) is 28.4 Å². The molecule has 114 valence electrons. The van der Waals surface area contributed by atoms with Gasteiger partial charge >= 0.3 is 0 Å². The highest BCUT2D eigenvalue weighted by molar-refractivity contribution is 5.16. The second-order valence-corrected chi connectivity index (χ2v) is 6.01. The lowest BCUT2D eigenvalue weighted by Crippen LogP contribution is -2.25. The van der Waals surface area contributed by atoms with Crippen molar-refractivity contribution in [2.24, 2.45) is 5.92 Å². The average Bonchev–Trinajstić information content (AvgIpc) is 2.77. The first-order valence-corrected chi connectivity index (χ1v) is 8.31. The van der Waals surface area contributed by atoms with E-state index in [4.69, 9.17) is 4.42 Å². The molecular weight excluding hydrogens is 248 g/mol. The van der Waals surface area contributed by atoms with E-state index in [0.717, 1.165) is 31.3 Å². The van der Waals surface area contributed by atoms with Gasteiger partial charge in [0.05, 0.1) is 12.8 Å². The molecule has 1 saturated heterocycles. The van der Waals surface area contributed by atoms with E-state index in [0.29, 0.717) is 0 Å². The first-order chi connectivity index (χ1) is 9.83. The maximum atomic E-state index is 5.61. The van der Waals surface area contributed by atoms with Gasteiger partial charge in [-0.25, -0.2) is 0 Å². The maximum absolute atomic E-state index is 5.61. The monoisotopic (exact) mass is 278 g/mol. The minimum absolute atomic E-state index is 0.852. The van der Waals surface area contributed by atoms with Crippen LogP contribution in [-0.2, 0) is 13.1 Å². The zero-order valence-electron chi connectivity index (χ0n) is 13.2. The number of hydrogen-bond donors (Lipinski definition) is 1. The number of likely N-dealkylation sites (tertiary alicyclic amines) is 1. The lowest BCUT2D eigenvalue weighted by atomic mass is 9.96. The van der Waals surface area contributed by atoms with Crippen molar-refractivity contribution in [3.8, 4) is 0 Å². The van der Waals surface area contributed by atoms with Crippen LogP contribution in [0.1, 0.15) is 57.3 Å². The molecule has 3 heteroatoms. The van der Waals surface area contributed by atoms with Gasteiger partial charge in [0.1, 0.15) is 5.76 Å². The highest BCUT2D eigenvalue weighted by atomic mass is 16.3. The molecule has 2 rings (SSSR count). The molecule has 20 heavy (non-hydrogen) atoms. The van der Waals surface area contributed by atoms with Crippen LogP contribution in [0, 0.1) is 5.92 Å². The van der Waals surface area contributed by atoms with E-state index in [-0.39, 0.29) is 0 Å². The molecule has 2 heterocycles. The number of furan rings is 1. The second kappa shape index (κ2) is 8.48. The van der Waals surface area contributed by atoms with Crippen molar-refractivity contribution in [2.75, 3.05) is 19.6 Å². The van der Waals surface area contributed by atoms with Crippen LogP contribution in [0.3, 0.4) is 0 Å². The van der Waals surface area contributed by atoms with Crippen LogP contribution >= 0.6 is 0 Å². The Bertz CT molecular complexity index is 375. The summed E-state index contributed by atoms with van der Waals surface area (Å²) in [6, 6.07) is 2.14. The molecule has 1 aliphatic rings. The fraction of sp³-hybridized carbons (Fsp3) is 0.765. The van der Waals surface area contributed by atoms with Gasteiger partial charge in [-0.1, -0.05) is 26.7 Å². The average molecular weight is 278 g/mol. The van der Waals surface area contributed by atoms with E-state index in [1.54, 1.807) is 0 Å². The Hall–Kier alpha value is -0.800. The van der Waals surface area contributed by atoms with Gasteiger partial charge in [-0.15, -0.1) is 0 Å². The number of nitrogens with one attached hydrogen (secondary N) is 1. The van der Waals surface area contributed by atoms with Crippen LogP contribution in [-0.4, -0.2) is 24.5 Å². The number of rotatable bonds is 7. The van der Waals surface area contributed by atoms with Gasteiger partial charge in [-0.2, -0.15) is 0 Å². The molecule has 1 fully saturated rings. The molecule has 0 aliphatic carbocycles. The van der Waals surface area contributed by atoms with E-state index in [1.165, 1.54) is 50.8 Å². The Morgan fingerprint density at radius 2 is 2.20 bits per heavy atom. The molecule has 3 nitrogen and oxygen atoms in total. The summed E-state index contributed by atoms with van der Waals surface area (Å²) in [5.41, 5.74) is 1.36. The highest BCUT2D eigenvalue weighted by Crippen LogP contribution is 2.23. The summed E-state index contributed by atoms with van der Waals surface area (Å²) in [5.74, 6) is 2.07. The van der Waals surface area contributed by atoms with Crippen molar-refractivity contribution in [3.63, 3.8) is 0 Å². The molecule has 0 spiro atoms. The van der Waals surface area contributed by atoms with Gasteiger partial charge in [0.15, 0.2) is 0 Å². The molecule has 0 bridgehead atoms. The van der Waals surface area contributed by atoms with Crippen LogP contribution in [0.25, 0.3) is 0 Å². The van der Waals surface area contributed by atoms with Crippen LogP contribution in [0.2, 0.25) is 0 Å². The van der Waals surface area contributed by atoms with E-state index in [9.17, 15) is 0 Å². The summed E-state index contributed by atoms with van der Waals surface area (Å²) in [5, 5.41) is 3.35. The minimum Gasteiger partial charge on any atom is -0.468 e. The molecular formula is C17H30N2O. The first kappa shape index (κ1) is 15.6. The van der Waals surface area contributed by atoms with E-state index >= 15 is 0 Å². The van der Waals surface area contributed by atoms with E-state index in [1.807, 2.05) is 6.26 Å². The molecule has 0 amide bonds. The zero-order valence-corrected chi connectivity index (χ0v) is 13.2. The van der Waals surface area contributed by atoms with Crippen molar-refractivity contribution in [1.29, 1.82) is 0 Å². The molecule has 0 radical (unpaired) electrons. The largest absolute Gasteiger partial charge is 0.468 e. The third-order valence-corrected chi connectivity index (χ3v) is 4.40. The summed E-state index contributed by atoms with van der Waals surface area (Å²) in [7, 11) is 0.